The number of aromatic nitrogens is 2. The van der Waals surface area contributed by atoms with Crippen molar-refractivity contribution < 1.29 is 19.8 Å². The van der Waals surface area contributed by atoms with Crippen molar-refractivity contribution in [1.29, 1.82) is 0 Å². The largest absolute Gasteiger partial charge is 0.502 e. The molecule has 140 valence electrons. The SMILES string of the molecule is O=C(O)c1cn2c(c(O)c1=O)C(=O)N(CC1CC1)CN2Cc1ccccn1. The summed E-state index contributed by atoms with van der Waals surface area (Å²) in [5, 5.41) is 21.3. The van der Waals surface area contributed by atoms with Crippen molar-refractivity contribution in [3.63, 3.8) is 0 Å². The molecule has 0 saturated heterocycles. The van der Waals surface area contributed by atoms with E-state index in [2.05, 4.69) is 4.98 Å². The van der Waals surface area contributed by atoms with Crippen LogP contribution in [0.2, 0.25) is 0 Å². The lowest BCUT2D eigenvalue weighted by Crippen LogP contribution is -2.54. The molecule has 1 amide bonds. The summed E-state index contributed by atoms with van der Waals surface area (Å²) in [6.45, 7) is 1.02. The molecule has 1 aliphatic heterocycles. The number of carbonyl (C=O) groups excluding carboxylic acids is 1. The molecular weight excluding hydrogens is 352 g/mol. The number of pyridine rings is 2. The van der Waals surface area contributed by atoms with Crippen LogP contribution in [0.4, 0.5) is 0 Å². The van der Waals surface area contributed by atoms with Crippen LogP contribution in [-0.4, -0.2) is 49.9 Å². The highest BCUT2D eigenvalue weighted by Crippen LogP contribution is 2.32. The highest BCUT2D eigenvalue weighted by atomic mass is 16.4. The first-order chi connectivity index (χ1) is 13.0. The van der Waals surface area contributed by atoms with Crippen molar-refractivity contribution in [3.05, 3.63) is 57.8 Å². The van der Waals surface area contributed by atoms with E-state index in [-0.39, 0.29) is 18.9 Å². The molecule has 1 fully saturated rings. The minimum absolute atomic E-state index is 0.209. The molecule has 4 rings (SSSR count). The summed E-state index contributed by atoms with van der Waals surface area (Å²) in [6.07, 6.45) is 4.81. The van der Waals surface area contributed by atoms with Crippen LogP contribution in [0.5, 0.6) is 5.75 Å². The zero-order chi connectivity index (χ0) is 19.1. The van der Waals surface area contributed by atoms with Gasteiger partial charge in [0.1, 0.15) is 12.2 Å². The molecule has 2 N–H and O–H groups in total. The number of carboxylic acid groups (broad SMARTS) is 1. The minimum atomic E-state index is -1.46. The fraction of sp³-hybridized carbons (Fsp3) is 0.333. The Morgan fingerprint density at radius 1 is 1.26 bits per heavy atom. The Hall–Kier alpha value is -3.36. The van der Waals surface area contributed by atoms with E-state index < -0.39 is 28.6 Å². The van der Waals surface area contributed by atoms with Crippen molar-refractivity contribution in [2.24, 2.45) is 5.92 Å². The van der Waals surface area contributed by atoms with Crippen LogP contribution in [0.3, 0.4) is 0 Å². The van der Waals surface area contributed by atoms with Gasteiger partial charge in [-0.3, -0.25) is 24.3 Å². The summed E-state index contributed by atoms with van der Waals surface area (Å²) in [4.78, 5) is 42.3. The predicted molar refractivity (Wildman–Crippen MR) is 94.1 cm³/mol. The average molecular weight is 370 g/mol. The molecule has 2 aliphatic rings. The van der Waals surface area contributed by atoms with E-state index in [0.29, 0.717) is 18.2 Å². The van der Waals surface area contributed by atoms with Crippen LogP contribution in [0.15, 0.2) is 35.4 Å². The first-order valence-corrected chi connectivity index (χ1v) is 8.62. The number of hydrogen-bond acceptors (Lipinski definition) is 6. The van der Waals surface area contributed by atoms with Crippen LogP contribution in [0.1, 0.15) is 39.4 Å². The Morgan fingerprint density at radius 2 is 2.04 bits per heavy atom. The molecule has 0 aromatic carbocycles. The van der Waals surface area contributed by atoms with E-state index in [1.165, 1.54) is 4.68 Å². The Labute approximate surface area is 154 Å². The van der Waals surface area contributed by atoms with Crippen molar-refractivity contribution >= 4 is 11.9 Å². The molecule has 0 bridgehead atoms. The topological polar surface area (TPSA) is 116 Å². The first-order valence-electron chi connectivity index (χ1n) is 8.62. The summed E-state index contributed by atoms with van der Waals surface area (Å²) in [5.41, 5.74) is -1.16. The minimum Gasteiger partial charge on any atom is -0.502 e. The summed E-state index contributed by atoms with van der Waals surface area (Å²) >= 11 is 0. The van der Waals surface area contributed by atoms with E-state index in [1.807, 2.05) is 12.1 Å². The molecule has 0 radical (unpaired) electrons. The van der Waals surface area contributed by atoms with Gasteiger partial charge < -0.3 is 15.1 Å². The molecule has 9 heteroatoms. The highest BCUT2D eigenvalue weighted by Gasteiger charge is 2.37. The molecule has 9 nitrogen and oxygen atoms in total. The second-order valence-electron chi connectivity index (χ2n) is 6.82. The molecule has 1 aliphatic carbocycles. The fourth-order valence-corrected chi connectivity index (χ4v) is 3.20. The number of aromatic hydroxyl groups is 1. The average Bonchev–Trinajstić information content (AvgIpc) is 3.46. The van der Waals surface area contributed by atoms with Crippen molar-refractivity contribution in [2.75, 3.05) is 18.2 Å². The van der Waals surface area contributed by atoms with Gasteiger partial charge in [0.05, 0.1) is 12.2 Å². The molecule has 27 heavy (non-hydrogen) atoms. The van der Waals surface area contributed by atoms with E-state index >= 15 is 0 Å². The Bertz CT molecular complexity index is 968. The molecular formula is C18H18N4O5. The maximum atomic E-state index is 12.8. The Morgan fingerprint density at radius 3 is 2.67 bits per heavy atom. The Kier molecular flexibility index (Phi) is 4.06. The van der Waals surface area contributed by atoms with E-state index in [9.17, 15) is 24.6 Å². The third kappa shape index (κ3) is 3.12. The van der Waals surface area contributed by atoms with Gasteiger partial charge in [0, 0.05) is 18.9 Å². The van der Waals surface area contributed by atoms with Crippen LogP contribution in [-0.2, 0) is 6.54 Å². The smallest absolute Gasteiger partial charge is 0.341 e. The van der Waals surface area contributed by atoms with Gasteiger partial charge in [-0.1, -0.05) is 6.07 Å². The third-order valence-electron chi connectivity index (χ3n) is 4.77. The maximum Gasteiger partial charge on any atom is 0.341 e. The normalized spacial score (nSPS) is 16.4. The maximum absolute atomic E-state index is 12.8. The predicted octanol–water partition coefficient (Wildman–Crippen LogP) is 0.609. The summed E-state index contributed by atoms with van der Waals surface area (Å²) in [6, 6.07) is 5.41. The molecule has 0 unspecified atom stereocenters. The van der Waals surface area contributed by atoms with E-state index in [4.69, 9.17) is 0 Å². The molecule has 0 spiro atoms. The van der Waals surface area contributed by atoms with Gasteiger partial charge in [-0.25, -0.2) is 4.79 Å². The number of rotatable bonds is 5. The molecule has 1 saturated carbocycles. The second-order valence-corrected chi connectivity index (χ2v) is 6.82. The van der Waals surface area contributed by atoms with Crippen LogP contribution in [0, 0.1) is 5.92 Å². The summed E-state index contributed by atoms with van der Waals surface area (Å²) in [5.74, 6) is -2.36. The molecule has 2 aromatic rings. The monoisotopic (exact) mass is 370 g/mol. The Balaban J connectivity index is 1.81. The number of aromatic carboxylic acids is 1. The lowest BCUT2D eigenvalue weighted by molar-refractivity contribution is 0.0658. The van der Waals surface area contributed by atoms with Gasteiger partial charge in [0.15, 0.2) is 11.4 Å². The number of fused-ring (bicyclic) bond motifs is 1. The zero-order valence-corrected chi connectivity index (χ0v) is 14.4. The van der Waals surface area contributed by atoms with Crippen molar-refractivity contribution in [1.82, 2.24) is 14.6 Å². The van der Waals surface area contributed by atoms with Crippen molar-refractivity contribution in [2.45, 2.75) is 19.4 Å². The third-order valence-corrected chi connectivity index (χ3v) is 4.77. The zero-order valence-electron chi connectivity index (χ0n) is 14.4. The quantitative estimate of drug-likeness (QED) is 0.792. The summed E-state index contributed by atoms with van der Waals surface area (Å²) < 4.78 is 1.26. The first kappa shape index (κ1) is 17.1. The van der Waals surface area contributed by atoms with Crippen LogP contribution in [0.25, 0.3) is 0 Å². The van der Waals surface area contributed by atoms with Gasteiger partial charge in [0.2, 0.25) is 5.43 Å². The molecule has 3 heterocycles. The second kappa shape index (κ2) is 6.42. The summed E-state index contributed by atoms with van der Waals surface area (Å²) in [7, 11) is 0. The number of carbonyl (C=O) groups is 2. The van der Waals surface area contributed by atoms with Crippen LogP contribution < -0.4 is 10.4 Å². The van der Waals surface area contributed by atoms with Gasteiger partial charge in [-0.15, -0.1) is 0 Å². The van der Waals surface area contributed by atoms with Crippen molar-refractivity contribution in [3.8, 4) is 5.75 Å². The highest BCUT2D eigenvalue weighted by molar-refractivity contribution is 5.97. The molecule has 2 aromatic heterocycles. The molecule has 0 atom stereocenters. The fourth-order valence-electron chi connectivity index (χ4n) is 3.20. The van der Waals surface area contributed by atoms with Gasteiger partial charge in [-0.05, 0) is 30.9 Å². The lowest BCUT2D eigenvalue weighted by Gasteiger charge is -2.39. The van der Waals surface area contributed by atoms with Gasteiger partial charge >= 0.3 is 5.97 Å². The number of nitrogens with zero attached hydrogens (tertiary/aromatic N) is 4. The van der Waals surface area contributed by atoms with Gasteiger partial charge in [-0.2, -0.15) is 0 Å². The number of hydrogen-bond donors (Lipinski definition) is 2. The van der Waals surface area contributed by atoms with E-state index in [0.717, 1.165) is 19.0 Å². The lowest BCUT2D eigenvalue weighted by atomic mass is 10.2. The number of amides is 1. The number of carboxylic acids is 1. The van der Waals surface area contributed by atoms with E-state index in [1.54, 1.807) is 22.2 Å². The van der Waals surface area contributed by atoms with Gasteiger partial charge in [0.25, 0.3) is 5.91 Å². The standard InChI is InChI=1S/C18H18N4O5/c23-15-13(18(26)27)9-22-14(16(15)24)17(25)20(7-11-4-5-11)10-21(22)8-12-3-1-2-6-19-12/h1-3,6,9,11,24H,4-5,7-8,10H2,(H,26,27). The van der Waals surface area contributed by atoms with Crippen LogP contribution >= 0.6 is 0 Å².